The van der Waals surface area contributed by atoms with Crippen LogP contribution in [0.3, 0.4) is 0 Å². The number of amides is 2. The van der Waals surface area contributed by atoms with Crippen molar-refractivity contribution >= 4 is 23.5 Å². The number of aromatic nitrogens is 1. The predicted octanol–water partition coefficient (Wildman–Crippen LogP) is 2.74. The first kappa shape index (κ1) is 28.2. The average molecular weight is 546 g/mol. The molecule has 2 aliphatic heterocycles. The van der Waals surface area contributed by atoms with E-state index in [2.05, 4.69) is 10.1 Å². The van der Waals surface area contributed by atoms with E-state index in [1.807, 2.05) is 0 Å². The third kappa shape index (κ3) is 6.44. The van der Waals surface area contributed by atoms with E-state index < -0.39 is 36.1 Å². The summed E-state index contributed by atoms with van der Waals surface area (Å²) in [7, 11) is 0. The van der Waals surface area contributed by atoms with E-state index in [4.69, 9.17) is 10.5 Å². The number of piperidine rings is 1. The Morgan fingerprint density at radius 2 is 1.92 bits per heavy atom. The van der Waals surface area contributed by atoms with Crippen LogP contribution in [0.25, 0.3) is 0 Å². The normalized spacial score (nSPS) is 19.9. The molecule has 1 aromatic heterocycles. The Hall–Kier alpha value is -3.80. The molecule has 12 heteroatoms. The topological polar surface area (TPSA) is 118 Å². The van der Waals surface area contributed by atoms with Crippen LogP contribution in [0, 0.1) is 5.41 Å². The number of hydrogen-bond acceptors (Lipinski definition) is 7. The summed E-state index contributed by atoms with van der Waals surface area (Å²) < 4.78 is 44.5. The standard InChI is InChI=1S/C27H30F3N5O4/c1-2-39-24(37)19-9-6-18(7-10-19)8-11-21(31)23(36)34-14-12-22-26(16-34,15-20-5-3-4-13-32-20)25(38)35(33-22)17-27(28,29)30/h3-7,9-10,13,21H,2,8,11-12,14-17,31H2,1H3/t21?,26-/m1/s1. The van der Waals surface area contributed by atoms with Gasteiger partial charge in [-0.3, -0.25) is 14.6 Å². The fourth-order valence-corrected chi connectivity index (χ4v) is 4.96. The van der Waals surface area contributed by atoms with Gasteiger partial charge in [0.05, 0.1) is 23.9 Å². The molecule has 9 nitrogen and oxygen atoms in total. The van der Waals surface area contributed by atoms with E-state index in [0.29, 0.717) is 34.8 Å². The summed E-state index contributed by atoms with van der Waals surface area (Å²) in [6.07, 6.45) is -2.14. The lowest BCUT2D eigenvalue weighted by Crippen LogP contribution is -2.58. The number of carbonyl (C=O) groups excluding carboxylic acids is 3. The van der Waals surface area contributed by atoms with Crippen molar-refractivity contribution in [2.24, 2.45) is 16.3 Å². The Labute approximate surface area is 223 Å². The number of halogens is 3. The molecular formula is C27H30F3N5O4. The molecule has 0 saturated carbocycles. The summed E-state index contributed by atoms with van der Waals surface area (Å²) in [4.78, 5) is 44.2. The number of ether oxygens (including phenoxy) is 1. The monoisotopic (exact) mass is 545 g/mol. The van der Waals surface area contributed by atoms with Gasteiger partial charge in [0.15, 0.2) is 0 Å². The molecule has 3 heterocycles. The number of hydrazone groups is 1. The lowest BCUT2D eigenvalue weighted by atomic mass is 9.74. The number of alkyl halides is 3. The highest BCUT2D eigenvalue weighted by Gasteiger charge is 2.56. The maximum atomic E-state index is 13.4. The molecule has 2 aromatic rings. The molecule has 0 bridgehead atoms. The molecule has 1 saturated heterocycles. The largest absolute Gasteiger partial charge is 0.462 e. The minimum Gasteiger partial charge on any atom is -0.462 e. The fourth-order valence-electron chi connectivity index (χ4n) is 4.96. The highest BCUT2D eigenvalue weighted by molar-refractivity contribution is 6.13. The van der Waals surface area contributed by atoms with Crippen molar-refractivity contribution in [2.75, 3.05) is 26.2 Å². The Balaban J connectivity index is 1.46. The SMILES string of the molecule is CCOC(=O)c1ccc(CCC(N)C(=O)N2CCC3=NN(CC(F)(F)F)C(=O)[C@]3(Cc3ccccn3)C2)cc1. The van der Waals surface area contributed by atoms with Crippen LogP contribution in [0.15, 0.2) is 53.8 Å². The number of aryl methyl sites for hydroxylation is 1. The number of nitrogens with zero attached hydrogens (tertiary/aromatic N) is 4. The van der Waals surface area contributed by atoms with Crippen molar-refractivity contribution in [2.45, 2.75) is 44.8 Å². The zero-order chi connectivity index (χ0) is 28.2. The van der Waals surface area contributed by atoms with Gasteiger partial charge in [0.1, 0.15) is 12.0 Å². The second-order valence-electron chi connectivity index (χ2n) is 9.68. The number of pyridine rings is 1. The van der Waals surface area contributed by atoms with Gasteiger partial charge in [0.2, 0.25) is 5.91 Å². The van der Waals surface area contributed by atoms with Gasteiger partial charge in [-0.05, 0) is 49.6 Å². The van der Waals surface area contributed by atoms with Gasteiger partial charge in [-0.2, -0.15) is 18.3 Å². The molecule has 2 atom stereocenters. The summed E-state index contributed by atoms with van der Waals surface area (Å²) in [5.41, 5.74) is 6.93. The first-order chi connectivity index (χ1) is 18.5. The van der Waals surface area contributed by atoms with Gasteiger partial charge in [-0.1, -0.05) is 18.2 Å². The van der Waals surface area contributed by atoms with Crippen LogP contribution in [-0.2, 0) is 27.2 Å². The first-order valence-electron chi connectivity index (χ1n) is 12.7. The summed E-state index contributed by atoms with van der Waals surface area (Å²) >= 11 is 0. The van der Waals surface area contributed by atoms with Crippen molar-refractivity contribution < 1.29 is 32.3 Å². The third-order valence-electron chi connectivity index (χ3n) is 6.89. The van der Waals surface area contributed by atoms with Gasteiger partial charge in [0.25, 0.3) is 5.91 Å². The van der Waals surface area contributed by atoms with Crippen LogP contribution >= 0.6 is 0 Å². The molecule has 4 rings (SSSR count). The number of benzene rings is 1. The van der Waals surface area contributed by atoms with E-state index >= 15 is 0 Å². The number of rotatable bonds is 9. The predicted molar refractivity (Wildman–Crippen MR) is 135 cm³/mol. The zero-order valence-electron chi connectivity index (χ0n) is 21.5. The summed E-state index contributed by atoms with van der Waals surface area (Å²) in [5, 5.41) is 4.51. The van der Waals surface area contributed by atoms with E-state index in [-0.39, 0.29) is 38.4 Å². The molecule has 208 valence electrons. The second-order valence-corrected chi connectivity index (χ2v) is 9.68. The van der Waals surface area contributed by atoms with Gasteiger partial charge in [0, 0.05) is 37.8 Å². The number of likely N-dealkylation sites (tertiary alicyclic amines) is 1. The highest BCUT2D eigenvalue weighted by Crippen LogP contribution is 2.39. The second kappa shape index (κ2) is 11.5. The van der Waals surface area contributed by atoms with E-state index in [0.717, 1.165) is 5.56 Å². The van der Waals surface area contributed by atoms with E-state index in [9.17, 15) is 27.6 Å². The van der Waals surface area contributed by atoms with Crippen LogP contribution in [-0.4, -0.2) is 76.8 Å². The molecule has 2 amide bonds. The van der Waals surface area contributed by atoms with Gasteiger partial charge in [-0.25, -0.2) is 9.80 Å². The quantitative estimate of drug-likeness (QED) is 0.484. The van der Waals surface area contributed by atoms with Gasteiger partial charge < -0.3 is 15.4 Å². The lowest BCUT2D eigenvalue weighted by molar-refractivity contribution is -0.164. The van der Waals surface area contributed by atoms with Crippen molar-refractivity contribution in [1.82, 2.24) is 14.9 Å². The fraction of sp³-hybridized carbons (Fsp3) is 0.444. The van der Waals surface area contributed by atoms with Crippen LogP contribution < -0.4 is 5.73 Å². The van der Waals surface area contributed by atoms with Crippen LogP contribution in [0.4, 0.5) is 13.2 Å². The zero-order valence-corrected chi connectivity index (χ0v) is 21.5. The van der Waals surface area contributed by atoms with Crippen molar-refractivity contribution in [3.8, 4) is 0 Å². The number of carbonyl (C=O) groups is 3. The number of nitrogens with two attached hydrogens (primary N) is 1. The molecule has 0 radical (unpaired) electrons. The third-order valence-corrected chi connectivity index (χ3v) is 6.89. The molecule has 2 N–H and O–H groups in total. The Bertz CT molecular complexity index is 1240. The van der Waals surface area contributed by atoms with Crippen molar-refractivity contribution in [1.29, 1.82) is 0 Å². The molecular weight excluding hydrogens is 515 g/mol. The van der Waals surface area contributed by atoms with Crippen molar-refractivity contribution in [3.63, 3.8) is 0 Å². The van der Waals surface area contributed by atoms with Crippen LogP contribution in [0.2, 0.25) is 0 Å². The molecule has 0 spiro atoms. The molecule has 39 heavy (non-hydrogen) atoms. The maximum Gasteiger partial charge on any atom is 0.408 e. The smallest absolute Gasteiger partial charge is 0.408 e. The minimum absolute atomic E-state index is 0.0195. The molecule has 1 unspecified atom stereocenters. The summed E-state index contributed by atoms with van der Waals surface area (Å²) in [6.45, 7) is 0.563. The molecule has 1 aromatic carbocycles. The summed E-state index contributed by atoms with van der Waals surface area (Å²) in [6, 6.07) is 11.0. The molecule has 1 fully saturated rings. The average Bonchev–Trinajstić information content (AvgIpc) is 3.16. The highest BCUT2D eigenvalue weighted by atomic mass is 19.4. The maximum absolute atomic E-state index is 13.4. The Morgan fingerprint density at radius 1 is 1.18 bits per heavy atom. The van der Waals surface area contributed by atoms with E-state index in [1.54, 1.807) is 49.4 Å². The first-order valence-corrected chi connectivity index (χ1v) is 12.7. The number of esters is 1. The molecule has 0 aliphatic carbocycles. The van der Waals surface area contributed by atoms with Gasteiger partial charge in [-0.15, -0.1) is 0 Å². The van der Waals surface area contributed by atoms with E-state index in [1.165, 1.54) is 11.1 Å². The molecule has 2 aliphatic rings. The lowest BCUT2D eigenvalue weighted by Gasteiger charge is -2.40. The summed E-state index contributed by atoms with van der Waals surface area (Å²) in [5.74, 6) is -1.60. The van der Waals surface area contributed by atoms with Gasteiger partial charge >= 0.3 is 12.1 Å². The van der Waals surface area contributed by atoms with Crippen LogP contribution in [0.5, 0.6) is 0 Å². The number of fused-ring (bicyclic) bond motifs is 1. The van der Waals surface area contributed by atoms with Crippen molar-refractivity contribution in [3.05, 3.63) is 65.5 Å². The van der Waals surface area contributed by atoms with Crippen LogP contribution in [0.1, 0.15) is 41.4 Å². The minimum atomic E-state index is -4.62. The Morgan fingerprint density at radius 3 is 2.56 bits per heavy atom. The number of hydrogen-bond donors (Lipinski definition) is 1. The Kier molecular flexibility index (Phi) is 8.34.